The molecule has 3 atom stereocenters. The number of terminal acetylenes is 1. The van der Waals surface area contributed by atoms with E-state index >= 15 is 0 Å². The second kappa shape index (κ2) is 11.1. The zero-order chi connectivity index (χ0) is 24.7. The molecule has 0 radical (unpaired) electrons. The zero-order valence-corrected chi connectivity index (χ0v) is 20.0. The van der Waals surface area contributed by atoms with Crippen molar-refractivity contribution in [2.24, 2.45) is 0 Å². The third kappa shape index (κ3) is 6.54. The average Bonchev–Trinajstić information content (AvgIpc) is 3.20. The van der Waals surface area contributed by atoms with Gasteiger partial charge in [-0.25, -0.2) is 24.8 Å². The Morgan fingerprint density at radius 3 is 2.65 bits per heavy atom. The molecule has 0 bridgehead atoms. The highest BCUT2D eigenvalue weighted by atomic mass is 31.2. The number of anilines is 1. The van der Waals surface area contributed by atoms with Crippen LogP contribution >= 0.6 is 7.52 Å². The number of carbonyl (C=O) groups is 1. The van der Waals surface area contributed by atoms with Gasteiger partial charge in [-0.05, 0) is 32.9 Å². The Labute approximate surface area is 197 Å². The fourth-order valence-corrected chi connectivity index (χ4v) is 4.65. The van der Waals surface area contributed by atoms with E-state index in [0.29, 0.717) is 23.5 Å². The monoisotopic (exact) mass is 486 g/mol. The van der Waals surface area contributed by atoms with E-state index in [9.17, 15) is 9.36 Å². The molecule has 2 aromatic heterocycles. The van der Waals surface area contributed by atoms with Gasteiger partial charge in [0.15, 0.2) is 17.5 Å². The first-order valence-corrected chi connectivity index (χ1v) is 12.3. The van der Waals surface area contributed by atoms with Crippen molar-refractivity contribution in [1.29, 1.82) is 0 Å². The summed E-state index contributed by atoms with van der Waals surface area (Å²) in [6.45, 7) is 5.50. The number of carbonyl (C=O) groups excluding carboxylic acids is 1. The Morgan fingerprint density at radius 1 is 1.24 bits per heavy atom. The number of aromatic nitrogens is 4. The van der Waals surface area contributed by atoms with Crippen molar-refractivity contribution in [2.75, 3.05) is 12.1 Å². The molecule has 11 nitrogen and oxygen atoms in total. The van der Waals surface area contributed by atoms with Crippen LogP contribution in [-0.2, 0) is 25.4 Å². The van der Waals surface area contributed by atoms with Crippen LogP contribution < -0.4 is 15.3 Å². The third-order valence-electron chi connectivity index (χ3n) is 4.49. The SMILES string of the molecule is C#C[C@H](NP(=O)(CO[C@H](C)Cn1cnc2c(N)ncnc21)Oc1ccccc1)C(=O)OC(C)C. The molecular weight excluding hydrogens is 459 g/mol. The van der Waals surface area contributed by atoms with Gasteiger partial charge in [0.25, 0.3) is 0 Å². The first-order valence-electron chi connectivity index (χ1n) is 10.5. The molecule has 0 fully saturated rings. The molecule has 0 saturated carbocycles. The topological polar surface area (TPSA) is 143 Å². The molecule has 0 aliphatic carbocycles. The number of esters is 1. The molecule has 0 amide bonds. The Bertz CT molecular complexity index is 1210. The van der Waals surface area contributed by atoms with Gasteiger partial charge in [0.05, 0.1) is 25.1 Å². The maximum Gasteiger partial charge on any atom is 0.343 e. The van der Waals surface area contributed by atoms with Crippen molar-refractivity contribution in [2.45, 2.75) is 45.6 Å². The van der Waals surface area contributed by atoms with Crippen LogP contribution in [0.4, 0.5) is 5.82 Å². The fraction of sp³-hybridized carbons (Fsp3) is 0.364. The highest BCUT2D eigenvalue weighted by Crippen LogP contribution is 2.44. The lowest BCUT2D eigenvalue weighted by Crippen LogP contribution is -2.38. The Kier molecular flexibility index (Phi) is 8.23. The standard InChI is InChI=1S/C22H27N6O5P/c1-5-18(22(29)32-15(2)3)27-34(30,33-17-9-7-6-8-10-17)14-31-16(4)11-28-13-26-19-20(23)24-12-25-21(19)28/h1,6-10,12-13,15-16,18H,11,14H2,2-4H3,(H,27,30)(H2,23,24,25)/t16-,18+,34?/m1/s1. The van der Waals surface area contributed by atoms with Crippen molar-refractivity contribution in [3.05, 3.63) is 43.0 Å². The molecule has 34 heavy (non-hydrogen) atoms. The van der Waals surface area contributed by atoms with E-state index < -0.39 is 31.7 Å². The maximum atomic E-state index is 13.7. The summed E-state index contributed by atoms with van der Waals surface area (Å²) in [4.78, 5) is 24.7. The fourth-order valence-electron chi connectivity index (χ4n) is 2.98. The molecular formula is C22H27N6O5P. The highest BCUT2D eigenvalue weighted by Gasteiger charge is 2.33. The van der Waals surface area contributed by atoms with Crippen molar-refractivity contribution in [1.82, 2.24) is 24.6 Å². The number of rotatable bonds is 11. The zero-order valence-electron chi connectivity index (χ0n) is 19.1. The number of nitrogen functional groups attached to an aromatic ring is 1. The Morgan fingerprint density at radius 2 is 1.97 bits per heavy atom. The summed E-state index contributed by atoms with van der Waals surface area (Å²) in [6, 6.07) is 7.24. The van der Waals surface area contributed by atoms with Crippen LogP contribution in [0, 0.1) is 12.3 Å². The number of para-hydroxylation sites is 1. The normalized spacial score (nSPS) is 14.8. The van der Waals surface area contributed by atoms with E-state index in [4.69, 9.17) is 26.2 Å². The highest BCUT2D eigenvalue weighted by molar-refractivity contribution is 7.57. The number of nitrogens with two attached hydrogens (primary N) is 1. The van der Waals surface area contributed by atoms with Crippen molar-refractivity contribution < 1.29 is 23.4 Å². The Hall–Kier alpha value is -3.45. The number of imidazole rings is 1. The predicted molar refractivity (Wildman–Crippen MR) is 127 cm³/mol. The van der Waals surface area contributed by atoms with Gasteiger partial charge in [-0.15, -0.1) is 6.42 Å². The molecule has 3 rings (SSSR count). The van der Waals surface area contributed by atoms with Crippen LogP contribution in [0.25, 0.3) is 11.2 Å². The third-order valence-corrected chi connectivity index (χ3v) is 6.13. The molecule has 0 aliphatic heterocycles. The molecule has 0 spiro atoms. The van der Waals surface area contributed by atoms with E-state index in [1.165, 1.54) is 6.33 Å². The van der Waals surface area contributed by atoms with Crippen LogP contribution in [0.15, 0.2) is 43.0 Å². The predicted octanol–water partition coefficient (Wildman–Crippen LogP) is 2.59. The average molecular weight is 486 g/mol. The number of ether oxygens (including phenoxy) is 2. The lowest BCUT2D eigenvalue weighted by molar-refractivity contribution is -0.147. The lowest BCUT2D eigenvalue weighted by atomic mass is 10.3. The first kappa shape index (κ1) is 25.2. The van der Waals surface area contributed by atoms with E-state index in [-0.39, 0.29) is 12.2 Å². The lowest BCUT2D eigenvalue weighted by Gasteiger charge is -2.25. The van der Waals surface area contributed by atoms with Crippen molar-refractivity contribution in [3.8, 4) is 18.1 Å². The number of nitrogens with one attached hydrogen (secondary N) is 1. The van der Waals surface area contributed by atoms with Gasteiger partial charge in [0.1, 0.15) is 23.9 Å². The minimum absolute atomic E-state index is 0.274. The van der Waals surface area contributed by atoms with Gasteiger partial charge in [0, 0.05) is 0 Å². The Balaban J connectivity index is 1.73. The van der Waals surface area contributed by atoms with Crippen molar-refractivity contribution in [3.63, 3.8) is 0 Å². The molecule has 12 heteroatoms. The second-order valence-corrected chi connectivity index (χ2v) is 9.77. The summed E-state index contributed by atoms with van der Waals surface area (Å²) >= 11 is 0. The number of nitrogens with zero attached hydrogens (tertiary/aromatic N) is 4. The molecule has 0 saturated heterocycles. The summed E-state index contributed by atoms with van der Waals surface area (Å²) < 4.78 is 32.2. The summed E-state index contributed by atoms with van der Waals surface area (Å²) in [5, 5.41) is 2.63. The van der Waals surface area contributed by atoms with Gasteiger partial charge in [-0.2, -0.15) is 0 Å². The van der Waals surface area contributed by atoms with E-state index in [2.05, 4.69) is 26.0 Å². The van der Waals surface area contributed by atoms with Crippen LogP contribution in [0.2, 0.25) is 0 Å². The molecule has 3 N–H and O–H groups in total. The van der Waals surface area contributed by atoms with Gasteiger partial charge in [-0.1, -0.05) is 24.1 Å². The van der Waals surface area contributed by atoms with Gasteiger partial charge in [0.2, 0.25) is 0 Å². The number of fused-ring (bicyclic) bond motifs is 1. The van der Waals surface area contributed by atoms with E-state index in [1.54, 1.807) is 62.0 Å². The summed E-state index contributed by atoms with van der Waals surface area (Å²) in [5.41, 5.74) is 6.86. The first-order chi connectivity index (χ1) is 16.2. The van der Waals surface area contributed by atoms with Crippen LogP contribution in [0.3, 0.4) is 0 Å². The molecule has 1 unspecified atom stereocenters. The maximum absolute atomic E-state index is 13.7. The van der Waals surface area contributed by atoms with Gasteiger partial charge >= 0.3 is 13.5 Å². The molecule has 180 valence electrons. The number of hydrogen-bond donors (Lipinski definition) is 2. The van der Waals surface area contributed by atoms with Crippen LogP contribution in [0.1, 0.15) is 20.8 Å². The number of benzene rings is 1. The molecule has 3 aromatic rings. The van der Waals surface area contributed by atoms with E-state index in [0.717, 1.165) is 0 Å². The largest absolute Gasteiger partial charge is 0.461 e. The van der Waals surface area contributed by atoms with Crippen molar-refractivity contribution >= 4 is 30.5 Å². The molecule has 1 aromatic carbocycles. The second-order valence-electron chi connectivity index (χ2n) is 7.73. The van der Waals surface area contributed by atoms with Gasteiger partial charge < -0.3 is 24.3 Å². The molecule has 2 heterocycles. The van der Waals surface area contributed by atoms with E-state index in [1.807, 2.05) is 0 Å². The quantitative estimate of drug-likeness (QED) is 0.236. The van der Waals surface area contributed by atoms with Crippen LogP contribution in [-0.4, -0.2) is 50.1 Å². The minimum Gasteiger partial charge on any atom is -0.461 e. The van der Waals surface area contributed by atoms with Crippen LogP contribution in [0.5, 0.6) is 5.75 Å². The molecule has 0 aliphatic rings. The summed E-state index contributed by atoms with van der Waals surface area (Å²) in [6.07, 6.45) is 7.24. The van der Waals surface area contributed by atoms with Gasteiger partial charge in [-0.3, -0.25) is 4.57 Å². The number of hydrogen-bond acceptors (Lipinski definition) is 9. The minimum atomic E-state index is -3.80. The summed E-state index contributed by atoms with van der Waals surface area (Å²) in [7, 11) is -3.80. The smallest absolute Gasteiger partial charge is 0.343 e. The summed E-state index contributed by atoms with van der Waals surface area (Å²) in [5.74, 6) is 2.14.